The van der Waals surface area contributed by atoms with Crippen LogP contribution in [0.1, 0.15) is 10.4 Å². The second-order valence-electron chi connectivity index (χ2n) is 7.10. The van der Waals surface area contributed by atoms with Crippen LogP contribution in [0.2, 0.25) is 0 Å². The molecule has 11 heteroatoms. The third kappa shape index (κ3) is 6.49. The van der Waals surface area contributed by atoms with Gasteiger partial charge in [-0.25, -0.2) is 13.1 Å². The molecule has 2 amide bonds. The predicted molar refractivity (Wildman–Crippen MR) is 131 cm³/mol. The van der Waals surface area contributed by atoms with Crippen molar-refractivity contribution < 1.29 is 32.2 Å². The molecule has 10 nitrogen and oxygen atoms in total. The highest BCUT2D eigenvalue weighted by Crippen LogP contribution is 2.26. The first-order valence-corrected chi connectivity index (χ1v) is 11.8. The van der Waals surface area contributed by atoms with Gasteiger partial charge in [-0.05, 0) is 55.6 Å². The van der Waals surface area contributed by atoms with Crippen LogP contribution in [0, 0.1) is 0 Å². The number of anilines is 2. The van der Waals surface area contributed by atoms with E-state index in [1.54, 1.807) is 48.5 Å². The summed E-state index contributed by atoms with van der Waals surface area (Å²) in [6.07, 6.45) is 0. The molecule has 0 spiro atoms. The van der Waals surface area contributed by atoms with Gasteiger partial charge in [0.15, 0.2) is 18.1 Å². The number of benzene rings is 3. The summed E-state index contributed by atoms with van der Waals surface area (Å²) >= 11 is 0. The maximum absolute atomic E-state index is 12.7. The zero-order valence-corrected chi connectivity index (χ0v) is 20.1. The van der Waals surface area contributed by atoms with Crippen molar-refractivity contribution in [2.75, 3.05) is 38.5 Å². The molecule has 3 N–H and O–H groups in total. The van der Waals surface area contributed by atoms with E-state index >= 15 is 0 Å². The Morgan fingerprint density at radius 3 is 2.11 bits per heavy atom. The number of para-hydroxylation sites is 2. The summed E-state index contributed by atoms with van der Waals surface area (Å²) in [6.45, 7) is -0.245. The first-order valence-electron chi connectivity index (χ1n) is 10.4. The predicted octanol–water partition coefficient (Wildman–Crippen LogP) is 2.88. The average Bonchev–Trinajstić information content (AvgIpc) is 2.87. The van der Waals surface area contributed by atoms with Gasteiger partial charge in [-0.15, -0.1) is 0 Å². The monoisotopic (exact) mass is 499 g/mol. The molecule has 0 atom stereocenters. The number of carbonyl (C=O) groups excluding carboxylic acids is 2. The quantitative estimate of drug-likeness (QED) is 0.391. The van der Waals surface area contributed by atoms with Crippen molar-refractivity contribution in [2.45, 2.75) is 4.90 Å². The SMILES string of the molecule is CNS(=O)(=O)c1cc(C(=O)Nc2cccc(NC(=O)COc3ccccc3OC)c2)ccc1OC. The highest BCUT2D eigenvalue weighted by atomic mass is 32.2. The molecule has 0 aliphatic heterocycles. The van der Waals surface area contributed by atoms with E-state index in [9.17, 15) is 18.0 Å². The summed E-state index contributed by atoms with van der Waals surface area (Å²) in [6, 6.07) is 17.5. The molecule has 3 aromatic rings. The van der Waals surface area contributed by atoms with Gasteiger partial charge >= 0.3 is 0 Å². The Hall–Kier alpha value is -4.09. The number of hydrogen-bond donors (Lipinski definition) is 3. The molecular formula is C24H25N3O7S. The number of amides is 2. The summed E-state index contributed by atoms with van der Waals surface area (Å²) in [5, 5.41) is 5.38. The lowest BCUT2D eigenvalue weighted by Gasteiger charge is -2.12. The Bertz CT molecular complexity index is 1330. The zero-order valence-electron chi connectivity index (χ0n) is 19.3. The highest BCUT2D eigenvalue weighted by molar-refractivity contribution is 7.89. The Morgan fingerprint density at radius 2 is 1.46 bits per heavy atom. The molecule has 0 saturated carbocycles. The fraction of sp³-hybridized carbons (Fsp3) is 0.167. The summed E-state index contributed by atoms with van der Waals surface area (Å²) in [5.74, 6) is 0.107. The molecule has 0 aliphatic carbocycles. The lowest BCUT2D eigenvalue weighted by atomic mass is 10.2. The van der Waals surface area contributed by atoms with E-state index in [1.165, 1.54) is 39.5 Å². The second-order valence-corrected chi connectivity index (χ2v) is 8.95. The van der Waals surface area contributed by atoms with Crippen LogP contribution in [-0.4, -0.2) is 48.1 Å². The average molecular weight is 500 g/mol. The Labute approximate surface area is 203 Å². The Kier molecular flexibility index (Phi) is 8.29. The van der Waals surface area contributed by atoms with E-state index in [4.69, 9.17) is 14.2 Å². The van der Waals surface area contributed by atoms with Crippen LogP contribution in [0.25, 0.3) is 0 Å². The molecule has 3 rings (SSSR count). The van der Waals surface area contributed by atoms with Crippen molar-refractivity contribution in [3.05, 3.63) is 72.3 Å². The fourth-order valence-electron chi connectivity index (χ4n) is 3.09. The summed E-state index contributed by atoms with van der Waals surface area (Å²) in [4.78, 5) is 24.9. The van der Waals surface area contributed by atoms with Crippen LogP contribution < -0.4 is 29.6 Å². The molecule has 35 heavy (non-hydrogen) atoms. The van der Waals surface area contributed by atoms with Crippen LogP contribution >= 0.6 is 0 Å². The normalized spacial score (nSPS) is 10.8. The van der Waals surface area contributed by atoms with Gasteiger partial charge in [-0.1, -0.05) is 18.2 Å². The van der Waals surface area contributed by atoms with Gasteiger partial charge in [0.25, 0.3) is 11.8 Å². The first kappa shape index (κ1) is 25.5. The number of ether oxygens (including phenoxy) is 3. The lowest BCUT2D eigenvalue weighted by molar-refractivity contribution is -0.118. The second kappa shape index (κ2) is 11.4. The van der Waals surface area contributed by atoms with Crippen molar-refractivity contribution >= 4 is 33.2 Å². The van der Waals surface area contributed by atoms with Gasteiger partial charge in [0.2, 0.25) is 10.0 Å². The largest absolute Gasteiger partial charge is 0.495 e. The van der Waals surface area contributed by atoms with E-state index < -0.39 is 21.8 Å². The van der Waals surface area contributed by atoms with Crippen molar-refractivity contribution in [3.8, 4) is 17.2 Å². The molecule has 0 fully saturated rings. The van der Waals surface area contributed by atoms with Gasteiger partial charge in [0, 0.05) is 16.9 Å². The van der Waals surface area contributed by atoms with Crippen LogP contribution in [-0.2, 0) is 14.8 Å². The van der Waals surface area contributed by atoms with Crippen LogP contribution in [0.15, 0.2) is 71.6 Å². The fourth-order valence-corrected chi connectivity index (χ4v) is 4.01. The third-order valence-electron chi connectivity index (χ3n) is 4.82. The highest BCUT2D eigenvalue weighted by Gasteiger charge is 2.20. The number of carbonyl (C=O) groups is 2. The van der Waals surface area contributed by atoms with Crippen molar-refractivity contribution in [2.24, 2.45) is 0 Å². The smallest absolute Gasteiger partial charge is 0.262 e. The number of sulfonamides is 1. The topological polar surface area (TPSA) is 132 Å². The van der Waals surface area contributed by atoms with Gasteiger partial charge < -0.3 is 24.8 Å². The van der Waals surface area contributed by atoms with Crippen molar-refractivity contribution in [1.82, 2.24) is 4.72 Å². The van der Waals surface area contributed by atoms with E-state index in [0.29, 0.717) is 22.9 Å². The number of nitrogens with one attached hydrogen (secondary N) is 3. The Morgan fingerprint density at radius 1 is 0.800 bits per heavy atom. The van der Waals surface area contributed by atoms with E-state index in [0.717, 1.165) is 0 Å². The minimum Gasteiger partial charge on any atom is -0.495 e. The standard InChI is InChI=1S/C24H25N3O7S/c1-25-35(30,31)22-13-16(11-12-21(22)33-3)24(29)27-18-8-6-7-17(14-18)26-23(28)15-34-20-10-5-4-9-19(20)32-2/h4-14,25H,15H2,1-3H3,(H,26,28)(H,27,29). The number of rotatable bonds is 10. The summed E-state index contributed by atoms with van der Waals surface area (Å²) < 4.78 is 42.5. The van der Waals surface area contributed by atoms with Gasteiger partial charge in [0.1, 0.15) is 10.6 Å². The van der Waals surface area contributed by atoms with Crippen LogP contribution in [0.5, 0.6) is 17.2 Å². The summed E-state index contributed by atoms with van der Waals surface area (Å²) in [5.41, 5.74) is 0.941. The van der Waals surface area contributed by atoms with E-state index in [2.05, 4.69) is 15.4 Å². The minimum atomic E-state index is -3.84. The zero-order chi connectivity index (χ0) is 25.4. The maximum atomic E-state index is 12.7. The molecule has 0 aromatic heterocycles. The van der Waals surface area contributed by atoms with Crippen molar-refractivity contribution in [1.29, 1.82) is 0 Å². The molecule has 0 heterocycles. The van der Waals surface area contributed by atoms with Gasteiger partial charge in [0.05, 0.1) is 14.2 Å². The molecule has 184 valence electrons. The summed E-state index contributed by atoms with van der Waals surface area (Å²) in [7, 11) is 0.271. The minimum absolute atomic E-state index is 0.107. The molecule has 0 aliphatic rings. The molecule has 3 aromatic carbocycles. The lowest BCUT2D eigenvalue weighted by Crippen LogP contribution is -2.21. The van der Waals surface area contributed by atoms with Crippen LogP contribution in [0.3, 0.4) is 0 Å². The van der Waals surface area contributed by atoms with Gasteiger partial charge in [-0.3, -0.25) is 9.59 Å². The Balaban J connectivity index is 1.67. The van der Waals surface area contributed by atoms with E-state index in [1.807, 2.05) is 0 Å². The number of methoxy groups -OCH3 is 2. The molecule has 0 saturated heterocycles. The van der Waals surface area contributed by atoms with E-state index in [-0.39, 0.29) is 22.8 Å². The maximum Gasteiger partial charge on any atom is 0.262 e. The van der Waals surface area contributed by atoms with Gasteiger partial charge in [-0.2, -0.15) is 0 Å². The molecule has 0 unspecified atom stereocenters. The molecule has 0 bridgehead atoms. The molecular weight excluding hydrogens is 474 g/mol. The van der Waals surface area contributed by atoms with Crippen molar-refractivity contribution in [3.63, 3.8) is 0 Å². The first-order chi connectivity index (χ1) is 16.8. The number of hydrogen-bond acceptors (Lipinski definition) is 7. The third-order valence-corrected chi connectivity index (χ3v) is 6.25. The van der Waals surface area contributed by atoms with Crippen LogP contribution in [0.4, 0.5) is 11.4 Å². The molecule has 0 radical (unpaired) electrons.